The Morgan fingerprint density at radius 1 is 0.564 bits per heavy atom. The van der Waals surface area contributed by atoms with Gasteiger partial charge in [0.2, 0.25) is 23.6 Å². The molecule has 3 heterocycles. The zero-order valence-electron chi connectivity index (χ0n) is 29.1. The summed E-state index contributed by atoms with van der Waals surface area (Å²) in [6.07, 6.45) is 0. The van der Waals surface area contributed by atoms with E-state index in [4.69, 9.17) is 27.6 Å². The average molecular weight is 774 g/mol. The van der Waals surface area contributed by atoms with Crippen LogP contribution in [0.5, 0.6) is 0 Å². The molecule has 0 bridgehead atoms. The van der Waals surface area contributed by atoms with Crippen molar-refractivity contribution in [3.05, 3.63) is 131 Å². The van der Waals surface area contributed by atoms with Gasteiger partial charge in [-0.25, -0.2) is 9.97 Å². The van der Waals surface area contributed by atoms with Crippen molar-refractivity contribution >= 4 is 79.8 Å². The molecule has 0 fully saturated rings. The number of carbonyl (C=O) groups excluding carboxylic acids is 4. The van der Waals surface area contributed by atoms with E-state index >= 15 is 0 Å². The van der Waals surface area contributed by atoms with Gasteiger partial charge in [0.15, 0.2) is 0 Å². The maximum Gasteiger partial charge on any atom is 0.277 e. The van der Waals surface area contributed by atoms with Gasteiger partial charge >= 0.3 is 0 Å². The molecule has 0 unspecified atom stereocenters. The lowest BCUT2D eigenvalue weighted by molar-refractivity contribution is -0.121. The summed E-state index contributed by atoms with van der Waals surface area (Å²) < 4.78 is 5.93. The number of imide groups is 2. The van der Waals surface area contributed by atoms with Crippen LogP contribution >= 0.6 is 23.2 Å². The molecule has 3 aromatic heterocycles. The van der Waals surface area contributed by atoms with E-state index in [0.29, 0.717) is 33.3 Å². The highest BCUT2D eigenvalue weighted by Gasteiger charge is 2.22. The van der Waals surface area contributed by atoms with E-state index in [0.717, 1.165) is 10.8 Å². The van der Waals surface area contributed by atoms with E-state index in [1.807, 2.05) is 24.3 Å². The summed E-state index contributed by atoms with van der Waals surface area (Å²) in [4.78, 5) is 59.9. The molecule has 0 aliphatic carbocycles. The minimum absolute atomic E-state index is 0.0611. The predicted octanol–water partition coefficient (Wildman–Crippen LogP) is 7.32. The smallest absolute Gasteiger partial charge is 0.277 e. The Kier molecular flexibility index (Phi) is 10.5. The van der Waals surface area contributed by atoms with Gasteiger partial charge in [0.05, 0.1) is 0 Å². The summed E-state index contributed by atoms with van der Waals surface area (Å²) in [5.74, 6) is -1.85. The number of hydrogen-bond donors (Lipinski definition) is 4. The highest BCUT2D eigenvalue weighted by molar-refractivity contribution is 6.31. The van der Waals surface area contributed by atoms with Crippen molar-refractivity contribution in [3.63, 3.8) is 0 Å². The van der Waals surface area contributed by atoms with Crippen molar-refractivity contribution in [2.75, 3.05) is 10.6 Å². The largest absolute Gasteiger partial charge is 0.416 e. The first-order valence-electron chi connectivity index (χ1n) is 16.9. The predicted molar refractivity (Wildman–Crippen MR) is 210 cm³/mol. The number of amides is 4. The minimum atomic E-state index is -0.764. The topological polar surface area (TPSA) is 181 Å². The van der Waals surface area contributed by atoms with Crippen LogP contribution in [0.3, 0.4) is 0 Å². The molecule has 0 aliphatic rings. The molecule has 0 spiro atoms. The summed E-state index contributed by atoms with van der Waals surface area (Å²) in [6.45, 7) is 3.26. The number of pyridine rings is 2. The van der Waals surface area contributed by atoms with E-state index in [2.05, 4.69) is 41.4 Å². The Morgan fingerprint density at radius 3 is 1.35 bits per heavy atom. The third kappa shape index (κ3) is 8.28. The summed E-state index contributed by atoms with van der Waals surface area (Å²) in [7, 11) is 0. The molecule has 0 aliphatic heterocycles. The molecule has 2 atom stereocenters. The SMILES string of the molecule is C[C@H](Nc1ccc(-c2nnc(-c3ccc(N[C@@H](C)C(=O)NC(=O)c4nc(Cl)cc5ccccc45)cc3)o2)cc1)C(=O)NC(=O)c1nc(Cl)cc2ccccc12. The van der Waals surface area contributed by atoms with Crippen molar-refractivity contribution in [2.24, 2.45) is 0 Å². The summed E-state index contributed by atoms with van der Waals surface area (Å²) in [5.41, 5.74) is 2.65. The average Bonchev–Trinajstić information content (AvgIpc) is 3.68. The van der Waals surface area contributed by atoms with Crippen LogP contribution in [-0.2, 0) is 9.59 Å². The number of benzene rings is 4. The third-order valence-electron chi connectivity index (χ3n) is 8.56. The number of fused-ring (bicyclic) bond motifs is 2. The Morgan fingerprint density at radius 2 is 0.945 bits per heavy atom. The number of anilines is 2. The molecule has 4 aromatic carbocycles. The van der Waals surface area contributed by atoms with Gasteiger partial charge in [0, 0.05) is 33.3 Å². The van der Waals surface area contributed by atoms with Crippen LogP contribution in [0.2, 0.25) is 10.3 Å². The molecule has 7 rings (SSSR count). The van der Waals surface area contributed by atoms with Gasteiger partial charge in [-0.15, -0.1) is 10.2 Å². The molecule has 0 saturated carbocycles. The van der Waals surface area contributed by atoms with Gasteiger partial charge in [-0.2, -0.15) is 0 Å². The summed E-state index contributed by atoms with van der Waals surface area (Å²) in [6, 6.07) is 30.1. The molecule has 55 heavy (non-hydrogen) atoms. The highest BCUT2D eigenvalue weighted by Crippen LogP contribution is 2.27. The lowest BCUT2D eigenvalue weighted by atomic mass is 10.1. The quantitative estimate of drug-likeness (QED) is 0.102. The van der Waals surface area contributed by atoms with Crippen molar-refractivity contribution in [1.82, 2.24) is 30.8 Å². The number of nitrogens with zero attached hydrogens (tertiary/aromatic N) is 4. The van der Waals surface area contributed by atoms with E-state index in [-0.39, 0.29) is 33.5 Å². The number of aromatic nitrogens is 4. The number of rotatable bonds is 10. The van der Waals surface area contributed by atoms with E-state index < -0.39 is 35.7 Å². The second-order valence-corrected chi connectivity index (χ2v) is 13.2. The highest BCUT2D eigenvalue weighted by atomic mass is 35.5. The van der Waals surface area contributed by atoms with Crippen LogP contribution in [0.1, 0.15) is 34.8 Å². The lowest BCUT2D eigenvalue weighted by Gasteiger charge is -2.15. The van der Waals surface area contributed by atoms with Crippen molar-refractivity contribution in [2.45, 2.75) is 25.9 Å². The van der Waals surface area contributed by atoms with Gasteiger partial charge in [-0.3, -0.25) is 29.8 Å². The second kappa shape index (κ2) is 15.7. The molecule has 0 saturated heterocycles. The number of nitrogens with one attached hydrogen (secondary N) is 4. The molecule has 13 nitrogen and oxygen atoms in total. The Balaban J connectivity index is 0.928. The zero-order chi connectivity index (χ0) is 38.6. The number of hydrogen-bond acceptors (Lipinski definition) is 11. The van der Waals surface area contributed by atoms with Gasteiger partial charge in [-0.1, -0.05) is 71.7 Å². The van der Waals surface area contributed by atoms with Crippen molar-refractivity contribution in [1.29, 1.82) is 0 Å². The minimum Gasteiger partial charge on any atom is -0.416 e. The van der Waals surface area contributed by atoms with E-state index in [9.17, 15) is 19.2 Å². The van der Waals surface area contributed by atoms with Crippen LogP contribution in [0.25, 0.3) is 44.5 Å². The van der Waals surface area contributed by atoms with Gasteiger partial charge < -0.3 is 15.1 Å². The molecule has 4 N–H and O–H groups in total. The van der Waals surface area contributed by atoms with Crippen LogP contribution in [0.15, 0.2) is 114 Å². The molecule has 4 amide bonds. The normalized spacial score (nSPS) is 12.1. The van der Waals surface area contributed by atoms with Crippen LogP contribution in [0.4, 0.5) is 11.4 Å². The fraction of sp³-hybridized carbons (Fsp3) is 0.100. The van der Waals surface area contributed by atoms with E-state index in [1.54, 1.807) is 98.8 Å². The summed E-state index contributed by atoms with van der Waals surface area (Å²) in [5, 5.41) is 22.2. The van der Waals surface area contributed by atoms with Crippen LogP contribution in [0, 0.1) is 0 Å². The fourth-order valence-electron chi connectivity index (χ4n) is 5.74. The molecule has 15 heteroatoms. The van der Waals surface area contributed by atoms with Gasteiger partial charge in [0.1, 0.15) is 33.8 Å². The Hall–Kier alpha value is -6.70. The maximum atomic E-state index is 12.9. The lowest BCUT2D eigenvalue weighted by Crippen LogP contribution is -2.41. The maximum absolute atomic E-state index is 12.9. The van der Waals surface area contributed by atoms with Crippen LogP contribution < -0.4 is 21.3 Å². The molecule has 7 aromatic rings. The third-order valence-corrected chi connectivity index (χ3v) is 8.95. The molecular weight excluding hydrogens is 743 g/mol. The summed E-state index contributed by atoms with van der Waals surface area (Å²) >= 11 is 12.2. The van der Waals surface area contributed by atoms with Crippen molar-refractivity contribution < 1.29 is 23.6 Å². The second-order valence-electron chi connectivity index (χ2n) is 12.5. The van der Waals surface area contributed by atoms with Crippen LogP contribution in [-0.4, -0.2) is 55.9 Å². The number of carbonyl (C=O) groups is 4. The Labute approximate surface area is 323 Å². The standard InChI is InChI=1S/C40H30Cl2N8O5/c1-21(35(51)47-37(53)33-29-9-5-3-7-25(29)19-31(41)45-33)43-27-15-11-23(12-16-27)39-49-50-40(55-39)24-13-17-28(18-14-24)44-22(2)36(52)48-38(54)34-30-10-6-4-8-26(30)20-32(42)46-34/h3-22,43-44H,1-2H3,(H,47,51,53)(H,48,52,54)/t21-,22-/m0/s1. The van der Waals surface area contributed by atoms with Gasteiger partial charge in [0.25, 0.3) is 11.8 Å². The van der Waals surface area contributed by atoms with Gasteiger partial charge in [-0.05, 0) is 85.3 Å². The van der Waals surface area contributed by atoms with E-state index in [1.165, 1.54) is 0 Å². The first-order chi connectivity index (χ1) is 26.5. The monoisotopic (exact) mass is 772 g/mol. The molecular formula is C40H30Cl2N8O5. The number of halogens is 2. The first-order valence-corrected chi connectivity index (χ1v) is 17.7. The zero-order valence-corrected chi connectivity index (χ0v) is 30.6. The Bertz CT molecular complexity index is 2420. The molecule has 0 radical (unpaired) electrons. The fourth-order valence-corrected chi connectivity index (χ4v) is 6.15. The molecule has 274 valence electrons. The van der Waals surface area contributed by atoms with Crippen molar-refractivity contribution in [3.8, 4) is 22.9 Å². The first kappa shape index (κ1) is 36.6.